The third-order valence-electron chi connectivity index (χ3n) is 5.76. The monoisotopic (exact) mass is 507 g/mol. The number of ether oxygens (including phenoxy) is 1. The number of nitrogens with one attached hydrogen (secondary N) is 1. The van der Waals surface area contributed by atoms with Gasteiger partial charge in [0.25, 0.3) is 5.91 Å². The van der Waals surface area contributed by atoms with Crippen LogP contribution >= 0.6 is 34.5 Å². The molecule has 5 nitrogen and oxygen atoms in total. The third-order valence-corrected chi connectivity index (χ3v) is 7.36. The van der Waals surface area contributed by atoms with E-state index in [-0.39, 0.29) is 22.7 Å². The van der Waals surface area contributed by atoms with E-state index in [0.29, 0.717) is 11.6 Å². The van der Waals surface area contributed by atoms with Crippen LogP contribution in [0.3, 0.4) is 0 Å². The highest BCUT2D eigenvalue weighted by Gasteiger charge is 2.30. The lowest BCUT2D eigenvalue weighted by atomic mass is 10.0. The van der Waals surface area contributed by atoms with Crippen molar-refractivity contribution in [3.63, 3.8) is 0 Å². The fraction of sp³-hybridized carbons (Fsp3) is 0.333. The molecule has 0 aliphatic carbocycles. The maximum absolute atomic E-state index is 14.2. The van der Waals surface area contributed by atoms with E-state index in [0.717, 1.165) is 42.3 Å². The molecule has 1 aliphatic heterocycles. The molecule has 0 radical (unpaired) electrons. The lowest BCUT2D eigenvalue weighted by Crippen LogP contribution is -2.44. The molecule has 0 spiro atoms. The highest BCUT2D eigenvalue weighted by molar-refractivity contribution is 7.09. The zero-order chi connectivity index (χ0) is 23.4. The van der Waals surface area contributed by atoms with Gasteiger partial charge in [0.05, 0.1) is 27.8 Å². The summed E-state index contributed by atoms with van der Waals surface area (Å²) in [6.07, 6.45) is 1.81. The number of hydrogen-bond donors (Lipinski definition) is 1. The van der Waals surface area contributed by atoms with Crippen molar-refractivity contribution in [2.75, 3.05) is 19.6 Å². The lowest BCUT2D eigenvalue weighted by Gasteiger charge is -2.37. The second kappa shape index (κ2) is 10.8. The van der Waals surface area contributed by atoms with Gasteiger partial charge in [0.2, 0.25) is 0 Å². The van der Waals surface area contributed by atoms with Gasteiger partial charge in [0.15, 0.2) is 0 Å². The Bertz CT molecular complexity index is 1080. The number of hydrogen-bond acceptors (Lipinski definition) is 5. The second-order valence-electron chi connectivity index (χ2n) is 7.93. The van der Waals surface area contributed by atoms with Crippen LogP contribution in [0.1, 0.15) is 39.8 Å². The molecule has 2 heterocycles. The van der Waals surface area contributed by atoms with Crippen molar-refractivity contribution in [3.05, 3.63) is 80.0 Å². The fourth-order valence-corrected chi connectivity index (χ4v) is 5.33. The summed E-state index contributed by atoms with van der Waals surface area (Å²) in [6.45, 7) is 3.90. The predicted octanol–water partition coefficient (Wildman–Crippen LogP) is 5.91. The quantitative estimate of drug-likeness (QED) is 0.431. The molecule has 1 aromatic heterocycles. The van der Waals surface area contributed by atoms with E-state index in [1.54, 1.807) is 11.3 Å². The summed E-state index contributed by atoms with van der Waals surface area (Å²) in [5.74, 6) is -0.348. The van der Waals surface area contributed by atoms with Crippen LogP contribution in [0.2, 0.25) is 10.0 Å². The zero-order valence-electron chi connectivity index (χ0n) is 18.1. The molecule has 1 aliphatic rings. The van der Waals surface area contributed by atoms with E-state index < -0.39 is 11.7 Å². The summed E-state index contributed by atoms with van der Waals surface area (Å²) in [7, 11) is 0. The largest absolute Gasteiger partial charge is 0.490 e. The summed E-state index contributed by atoms with van der Waals surface area (Å²) in [5, 5.41) is 3.65. The van der Waals surface area contributed by atoms with E-state index in [9.17, 15) is 9.18 Å². The Morgan fingerprint density at radius 3 is 2.61 bits per heavy atom. The number of carbonyl (C=O) groups is 1. The minimum Gasteiger partial charge on any atom is -0.490 e. The number of thiazole rings is 1. The first-order valence-electron chi connectivity index (χ1n) is 10.7. The van der Waals surface area contributed by atoms with Gasteiger partial charge < -0.3 is 10.1 Å². The Balaban J connectivity index is 1.42. The molecule has 1 N–H and O–H groups in total. The minimum atomic E-state index is -0.634. The van der Waals surface area contributed by atoms with Crippen LogP contribution in [0, 0.1) is 12.7 Å². The first-order valence-corrected chi connectivity index (χ1v) is 12.3. The fourth-order valence-electron chi connectivity index (χ4n) is 4.02. The van der Waals surface area contributed by atoms with Crippen LogP contribution in [0.15, 0.2) is 48.0 Å². The average Bonchev–Trinajstić information content (AvgIpc) is 3.22. The zero-order valence-corrected chi connectivity index (χ0v) is 20.4. The predicted molar refractivity (Wildman–Crippen MR) is 130 cm³/mol. The van der Waals surface area contributed by atoms with E-state index >= 15 is 0 Å². The molecule has 2 aromatic carbocycles. The summed E-state index contributed by atoms with van der Waals surface area (Å²) in [6, 6.07) is 11.5. The topological polar surface area (TPSA) is 54.5 Å². The van der Waals surface area contributed by atoms with E-state index in [1.165, 1.54) is 18.2 Å². The van der Waals surface area contributed by atoms with E-state index in [2.05, 4.69) is 15.2 Å². The molecule has 4 rings (SSSR count). The van der Waals surface area contributed by atoms with Crippen molar-refractivity contribution in [2.24, 2.45) is 0 Å². The number of aryl methyl sites for hydroxylation is 1. The van der Waals surface area contributed by atoms with Crippen LogP contribution in [0.4, 0.5) is 4.39 Å². The van der Waals surface area contributed by atoms with E-state index in [1.807, 2.05) is 36.7 Å². The average molecular weight is 508 g/mol. The third kappa shape index (κ3) is 5.84. The summed E-state index contributed by atoms with van der Waals surface area (Å²) < 4.78 is 20.3. The van der Waals surface area contributed by atoms with Crippen molar-refractivity contribution < 1.29 is 13.9 Å². The summed E-state index contributed by atoms with van der Waals surface area (Å²) in [4.78, 5) is 20.5. The Morgan fingerprint density at radius 2 is 1.97 bits per heavy atom. The van der Waals surface area contributed by atoms with Gasteiger partial charge in [-0.3, -0.25) is 9.69 Å². The molecule has 174 valence electrons. The maximum Gasteiger partial charge on any atom is 0.255 e. The number of benzene rings is 2. The molecule has 33 heavy (non-hydrogen) atoms. The van der Waals surface area contributed by atoms with Gasteiger partial charge in [-0.25, -0.2) is 9.37 Å². The molecule has 1 fully saturated rings. The number of likely N-dealkylation sites (tertiary alicyclic amines) is 1. The Morgan fingerprint density at radius 1 is 1.24 bits per heavy atom. The van der Waals surface area contributed by atoms with Crippen molar-refractivity contribution in [3.8, 4) is 5.75 Å². The second-order valence-corrected chi connectivity index (χ2v) is 9.66. The van der Waals surface area contributed by atoms with Gasteiger partial charge in [0, 0.05) is 29.5 Å². The number of amides is 1. The van der Waals surface area contributed by atoms with Gasteiger partial charge in [-0.05, 0) is 56.2 Å². The molecule has 0 bridgehead atoms. The molecule has 3 aromatic rings. The number of piperidine rings is 1. The number of carbonyl (C=O) groups excluding carboxylic acids is 1. The first kappa shape index (κ1) is 24.0. The first-order chi connectivity index (χ1) is 15.9. The van der Waals surface area contributed by atoms with Crippen LogP contribution in [-0.2, 0) is 0 Å². The molecule has 1 atom stereocenters. The van der Waals surface area contributed by atoms with Gasteiger partial charge >= 0.3 is 0 Å². The van der Waals surface area contributed by atoms with Gasteiger partial charge in [-0.1, -0.05) is 29.3 Å². The molecular weight excluding hydrogens is 484 g/mol. The van der Waals surface area contributed by atoms with Gasteiger partial charge in [-0.2, -0.15) is 0 Å². The van der Waals surface area contributed by atoms with Crippen LogP contribution in [-0.4, -0.2) is 41.5 Å². The number of rotatable bonds is 7. The summed E-state index contributed by atoms with van der Waals surface area (Å²) >= 11 is 13.6. The van der Waals surface area contributed by atoms with Crippen LogP contribution in [0.5, 0.6) is 5.75 Å². The highest BCUT2D eigenvalue weighted by Crippen LogP contribution is 2.31. The number of nitrogens with zero attached hydrogens (tertiary/aromatic N) is 2. The normalized spacial score (nSPS) is 15.9. The maximum atomic E-state index is 14.2. The van der Waals surface area contributed by atoms with Crippen molar-refractivity contribution >= 4 is 40.4 Å². The molecule has 9 heteroatoms. The Hall–Kier alpha value is -2.19. The standard InChI is InChI=1S/C24H24Cl2FN3O2S/c1-15-23(33-14-29-15)21(13-28-24(31)22-19(26)3-2-4-20(22)27)30-11-9-18(10-12-30)32-17-7-5-16(25)6-8-17/h2-8,14,18,21H,9-13H2,1H3,(H,28,31). The molecule has 1 unspecified atom stereocenters. The Labute approximate surface area is 206 Å². The number of aromatic nitrogens is 1. The van der Waals surface area contributed by atoms with Crippen molar-refractivity contribution in [2.45, 2.75) is 31.9 Å². The summed E-state index contributed by atoms with van der Waals surface area (Å²) in [5.41, 5.74) is 2.61. The molecular formula is C24H24Cl2FN3O2S. The van der Waals surface area contributed by atoms with Crippen molar-refractivity contribution in [1.29, 1.82) is 0 Å². The minimum absolute atomic E-state index is 0.0662. The van der Waals surface area contributed by atoms with Crippen molar-refractivity contribution in [1.82, 2.24) is 15.2 Å². The van der Waals surface area contributed by atoms with Gasteiger partial charge in [-0.15, -0.1) is 11.3 Å². The lowest BCUT2D eigenvalue weighted by molar-refractivity contribution is 0.0720. The van der Waals surface area contributed by atoms with E-state index in [4.69, 9.17) is 27.9 Å². The molecule has 0 saturated carbocycles. The van der Waals surface area contributed by atoms with Crippen LogP contribution in [0.25, 0.3) is 0 Å². The highest BCUT2D eigenvalue weighted by atomic mass is 35.5. The Kier molecular flexibility index (Phi) is 7.86. The SMILES string of the molecule is Cc1ncsc1C(CNC(=O)c1c(F)cccc1Cl)N1CCC(Oc2ccc(Cl)cc2)CC1. The van der Waals surface area contributed by atoms with Gasteiger partial charge in [0.1, 0.15) is 17.7 Å². The van der Waals surface area contributed by atoms with Crippen LogP contribution < -0.4 is 10.1 Å². The number of halogens is 3. The molecule has 1 saturated heterocycles. The smallest absolute Gasteiger partial charge is 0.255 e. The molecule has 1 amide bonds.